The second kappa shape index (κ2) is 4.15. The van der Waals surface area contributed by atoms with Crippen molar-refractivity contribution in [2.45, 2.75) is 45.8 Å². The molecule has 0 spiro atoms. The predicted molar refractivity (Wildman–Crippen MR) is 57.9 cm³/mol. The van der Waals surface area contributed by atoms with Crippen LogP contribution in [0.4, 0.5) is 4.79 Å². The Hall–Kier alpha value is -1.52. The summed E-state index contributed by atoms with van der Waals surface area (Å²) in [6, 6.07) is -0.277. The van der Waals surface area contributed by atoms with Crippen molar-refractivity contribution in [3.05, 3.63) is 11.8 Å². The predicted octanol–water partition coefficient (Wildman–Crippen LogP) is 1.98. The fourth-order valence-corrected chi connectivity index (χ4v) is 1.53. The Labute approximate surface area is 94.7 Å². The van der Waals surface area contributed by atoms with Gasteiger partial charge in [0.2, 0.25) is 0 Å². The molecule has 5 nitrogen and oxygen atoms in total. The van der Waals surface area contributed by atoms with Gasteiger partial charge >= 0.3 is 6.09 Å². The van der Waals surface area contributed by atoms with Crippen molar-refractivity contribution in [2.24, 2.45) is 0 Å². The van der Waals surface area contributed by atoms with E-state index in [-0.39, 0.29) is 11.6 Å². The summed E-state index contributed by atoms with van der Waals surface area (Å²) in [5.74, 6) is -0.482. The topological polar surface area (TPSA) is 66.8 Å². The van der Waals surface area contributed by atoms with Crippen molar-refractivity contribution in [1.82, 2.24) is 4.90 Å². The Balaban J connectivity index is 2.82. The van der Waals surface area contributed by atoms with Gasteiger partial charge in [-0.2, -0.15) is 0 Å². The zero-order valence-electron chi connectivity index (χ0n) is 9.98. The molecule has 1 aliphatic rings. The van der Waals surface area contributed by atoms with Crippen molar-refractivity contribution >= 4 is 12.0 Å². The maximum atomic E-state index is 11.7. The number of rotatable bonds is 0. The van der Waals surface area contributed by atoms with Gasteiger partial charge in [-0.15, -0.1) is 0 Å². The first-order valence-electron chi connectivity index (χ1n) is 5.16. The Kier molecular flexibility index (Phi) is 3.26. The lowest BCUT2D eigenvalue weighted by Gasteiger charge is -2.25. The van der Waals surface area contributed by atoms with Gasteiger partial charge in [-0.1, -0.05) is 0 Å². The highest BCUT2D eigenvalue weighted by Crippen LogP contribution is 2.25. The van der Waals surface area contributed by atoms with Crippen LogP contribution >= 0.6 is 0 Å². The number of likely N-dealkylation sites (tertiary alicyclic amines) is 1. The molecule has 90 valence electrons. The molecule has 1 aliphatic heterocycles. The van der Waals surface area contributed by atoms with Crippen LogP contribution in [0.3, 0.4) is 0 Å². The molecule has 5 heteroatoms. The third kappa shape index (κ3) is 2.53. The number of nitrogens with zero attached hydrogens (tertiary/aromatic N) is 1. The third-order valence-corrected chi connectivity index (χ3v) is 2.20. The second-order valence-electron chi connectivity index (χ2n) is 4.86. The second-order valence-corrected chi connectivity index (χ2v) is 4.86. The average molecular weight is 227 g/mol. The molecule has 2 amide bonds. The van der Waals surface area contributed by atoms with Crippen LogP contribution in [0, 0.1) is 0 Å². The SMILES string of the molecule is CC1CC(=CO)C(=O)N1C(=O)OC(C)(C)C. The highest BCUT2D eigenvalue weighted by Gasteiger charge is 2.39. The minimum absolute atomic E-state index is 0.235. The van der Waals surface area contributed by atoms with E-state index in [4.69, 9.17) is 9.84 Å². The van der Waals surface area contributed by atoms with Gasteiger partial charge in [0.1, 0.15) is 5.60 Å². The summed E-state index contributed by atoms with van der Waals surface area (Å²) < 4.78 is 5.11. The lowest BCUT2D eigenvalue weighted by atomic mass is 10.2. The quantitative estimate of drug-likeness (QED) is 0.507. The van der Waals surface area contributed by atoms with E-state index in [0.29, 0.717) is 6.42 Å². The van der Waals surface area contributed by atoms with E-state index in [1.54, 1.807) is 27.7 Å². The van der Waals surface area contributed by atoms with E-state index in [2.05, 4.69) is 0 Å². The van der Waals surface area contributed by atoms with Crippen LogP contribution in [0.2, 0.25) is 0 Å². The van der Waals surface area contributed by atoms with E-state index in [9.17, 15) is 9.59 Å². The van der Waals surface area contributed by atoms with Gasteiger partial charge in [0, 0.05) is 12.5 Å². The molecule has 1 unspecified atom stereocenters. The summed E-state index contributed by atoms with van der Waals surface area (Å²) >= 11 is 0. The summed E-state index contributed by atoms with van der Waals surface area (Å²) in [5.41, 5.74) is -0.402. The van der Waals surface area contributed by atoms with Crippen LogP contribution in [0.5, 0.6) is 0 Å². The van der Waals surface area contributed by atoms with Crippen LogP contribution in [-0.2, 0) is 9.53 Å². The van der Waals surface area contributed by atoms with Gasteiger partial charge in [0.15, 0.2) is 0 Å². The van der Waals surface area contributed by atoms with E-state index in [1.165, 1.54) is 0 Å². The number of imide groups is 1. The number of aliphatic hydroxyl groups is 1. The van der Waals surface area contributed by atoms with Gasteiger partial charge in [0.05, 0.1) is 11.8 Å². The highest BCUT2D eigenvalue weighted by molar-refractivity contribution is 6.04. The molecular weight excluding hydrogens is 210 g/mol. The molecular formula is C11H17NO4. The van der Waals surface area contributed by atoms with E-state index < -0.39 is 17.6 Å². The first kappa shape index (κ1) is 12.5. The number of carbonyl (C=O) groups is 2. The van der Waals surface area contributed by atoms with E-state index >= 15 is 0 Å². The summed E-state index contributed by atoms with van der Waals surface area (Å²) in [4.78, 5) is 24.4. The van der Waals surface area contributed by atoms with Crippen molar-refractivity contribution in [3.63, 3.8) is 0 Å². The van der Waals surface area contributed by atoms with Crippen molar-refractivity contribution in [3.8, 4) is 0 Å². The van der Waals surface area contributed by atoms with Crippen LogP contribution in [0.25, 0.3) is 0 Å². The monoisotopic (exact) mass is 227 g/mol. The Morgan fingerprint density at radius 2 is 2.12 bits per heavy atom. The van der Waals surface area contributed by atoms with Crippen LogP contribution < -0.4 is 0 Å². The molecule has 1 heterocycles. The largest absolute Gasteiger partial charge is 0.515 e. The van der Waals surface area contributed by atoms with Crippen molar-refractivity contribution < 1.29 is 19.4 Å². The van der Waals surface area contributed by atoms with Gasteiger partial charge in [-0.3, -0.25) is 4.79 Å². The molecule has 1 N–H and O–H groups in total. The maximum Gasteiger partial charge on any atom is 0.417 e. The zero-order valence-corrected chi connectivity index (χ0v) is 9.98. The summed E-state index contributed by atoms with van der Waals surface area (Å²) in [6.45, 7) is 6.94. The fourth-order valence-electron chi connectivity index (χ4n) is 1.53. The zero-order chi connectivity index (χ0) is 12.5. The number of carbonyl (C=O) groups excluding carboxylic acids is 2. The Morgan fingerprint density at radius 1 is 1.56 bits per heavy atom. The summed E-state index contributed by atoms with van der Waals surface area (Å²) in [7, 11) is 0. The van der Waals surface area contributed by atoms with Gasteiger partial charge in [0.25, 0.3) is 5.91 Å². The maximum absolute atomic E-state index is 11.7. The molecule has 0 aromatic heterocycles. The number of amides is 2. The first-order valence-corrected chi connectivity index (χ1v) is 5.16. The van der Waals surface area contributed by atoms with Gasteiger partial charge < -0.3 is 9.84 Å². The lowest BCUT2D eigenvalue weighted by molar-refractivity contribution is -0.125. The normalized spacial score (nSPS) is 24.0. The smallest absolute Gasteiger partial charge is 0.417 e. The standard InChI is InChI=1S/C11H17NO4/c1-7-5-8(6-13)9(14)12(7)10(15)16-11(2,3)4/h6-7,13H,5H2,1-4H3. The highest BCUT2D eigenvalue weighted by atomic mass is 16.6. The van der Waals surface area contributed by atoms with E-state index in [0.717, 1.165) is 11.2 Å². The minimum Gasteiger partial charge on any atom is -0.515 e. The molecule has 0 aliphatic carbocycles. The van der Waals surface area contributed by atoms with E-state index in [1.807, 2.05) is 0 Å². The molecule has 1 rings (SSSR count). The molecule has 0 radical (unpaired) electrons. The summed E-state index contributed by atoms with van der Waals surface area (Å²) in [5, 5.41) is 8.82. The minimum atomic E-state index is -0.665. The van der Waals surface area contributed by atoms with Crippen molar-refractivity contribution in [1.29, 1.82) is 0 Å². The average Bonchev–Trinajstić information content (AvgIpc) is 2.38. The molecule has 1 atom stereocenters. The first-order chi connectivity index (χ1) is 7.26. The molecule has 0 saturated carbocycles. The van der Waals surface area contributed by atoms with Crippen LogP contribution in [0.15, 0.2) is 11.8 Å². The van der Waals surface area contributed by atoms with Gasteiger partial charge in [-0.25, -0.2) is 9.69 Å². The van der Waals surface area contributed by atoms with Gasteiger partial charge in [-0.05, 0) is 27.7 Å². The molecule has 16 heavy (non-hydrogen) atoms. The number of hydrogen-bond donors (Lipinski definition) is 1. The number of ether oxygens (including phenoxy) is 1. The molecule has 0 aromatic rings. The molecule has 0 bridgehead atoms. The fraction of sp³-hybridized carbons (Fsp3) is 0.636. The number of aliphatic hydroxyl groups excluding tert-OH is 1. The molecule has 0 aromatic carbocycles. The Morgan fingerprint density at radius 3 is 2.50 bits per heavy atom. The van der Waals surface area contributed by atoms with Crippen LogP contribution in [0.1, 0.15) is 34.1 Å². The third-order valence-electron chi connectivity index (χ3n) is 2.20. The van der Waals surface area contributed by atoms with Crippen LogP contribution in [-0.4, -0.2) is 33.6 Å². The number of hydrogen-bond acceptors (Lipinski definition) is 4. The Bertz CT molecular complexity index is 340. The molecule has 1 fully saturated rings. The van der Waals surface area contributed by atoms with Crippen molar-refractivity contribution in [2.75, 3.05) is 0 Å². The molecule has 1 saturated heterocycles. The summed E-state index contributed by atoms with van der Waals surface area (Å²) in [6.07, 6.45) is 0.444. The lowest BCUT2D eigenvalue weighted by Crippen LogP contribution is -2.41.